The van der Waals surface area contributed by atoms with E-state index in [1.165, 1.54) is 0 Å². The van der Waals surface area contributed by atoms with Crippen LogP contribution in [0.1, 0.15) is 45.1 Å². The fourth-order valence-corrected chi connectivity index (χ4v) is 2.27. The molecule has 0 aliphatic rings. The lowest BCUT2D eigenvalue weighted by molar-refractivity contribution is -0.124. The lowest BCUT2D eigenvalue weighted by atomic mass is 9.88. The molecule has 0 spiro atoms. The Morgan fingerprint density at radius 1 is 1.22 bits per heavy atom. The maximum atomic E-state index is 12.3. The largest absolute Gasteiger partial charge is 0.321 e. The average Bonchev–Trinajstić information content (AvgIpc) is 2.40. The molecule has 2 nitrogen and oxygen atoms in total. The molecule has 1 rings (SSSR count). The molecule has 0 saturated heterocycles. The fraction of sp³-hybridized carbons (Fsp3) is 0.562. The molecule has 0 saturated carbocycles. The van der Waals surface area contributed by atoms with E-state index in [1.807, 2.05) is 30.3 Å². The van der Waals surface area contributed by atoms with Gasteiger partial charge in [-0.05, 0) is 24.8 Å². The van der Waals surface area contributed by atoms with Crippen LogP contribution in [-0.2, 0) is 11.2 Å². The van der Waals surface area contributed by atoms with Crippen LogP contribution in [0, 0.1) is 5.92 Å². The molecule has 18 heavy (non-hydrogen) atoms. The normalized spacial score (nSPS) is 14.2. The molecular formula is C16H25NO. The van der Waals surface area contributed by atoms with Crippen LogP contribution in [0.25, 0.3) is 0 Å². The van der Waals surface area contributed by atoms with E-state index >= 15 is 0 Å². The Kier molecular flexibility index (Phi) is 6.66. The number of ketones is 1. The van der Waals surface area contributed by atoms with Crippen molar-refractivity contribution in [1.29, 1.82) is 0 Å². The zero-order chi connectivity index (χ0) is 13.4. The smallest absolute Gasteiger partial charge is 0.152 e. The number of Topliss-reactive ketones (excluding diaryl/α,β-unsaturated/α-hetero) is 1. The molecule has 2 heteroatoms. The number of unbranched alkanes of at least 4 members (excludes halogenated alkanes) is 1. The van der Waals surface area contributed by atoms with Gasteiger partial charge < -0.3 is 5.73 Å². The van der Waals surface area contributed by atoms with Crippen molar-refractivity contribution in [2.45, 2.75) is 52.0 Å². The molecule has 0 aliphatic heterocycles. The Morgan fingerprint density at radius 2 is 1.89 bits per heavy atom. The molecule has 1 unspecified atom stereocenters. The van der Waals surface area contributed by atoms with Crippen molar-refractivity contribution in [3.05, 3.63) is 35.9 Å². The molecule has 0 heterocycles. The van der Waals surface area contributed by atoms with Gasteiger partial charge in [0, 0.05) is 5.92 Å². The third-order valence-electron chi connectivity index (χ3n) is 3.47. The minimum Gasteiger partial charge on any atom is -0.321 e. The molecule has 0 radical (unpaired) electrons. The zero-order valence-corrected chi connectivity index (χ0v) is 11.6. The first-order valence-electron chi connectivity index (χ1n) is 7.02. The summed E-state index contributed by atoms with van der Waals surface area (Å²) in [6.45, 7) is 4.23. The van der Waals surface area contributed by atoms with E-state index in [1.54, 1.807) is 0 Å². The summed E-state index contributed by atoms with van der Waals surface area (Å²) in [6.07, 6.45) is 4.79. The number of benzene rings is 1. The molecule has 2 N–H and O–H groups in total. The lowest BCUT2D eigenvalue weighted by Crippen LogP contribution is -2.37. The summed E-state index contributed by atoms with van der Waals surface area (Å²) >= 11 is 0. The van der Waals surface area contributed by atoms with E-state index in [0.717, 1.165) is 31.2 Å². The highest BCUT2D eigenvalue weighted by atomic mass is 16.1. The molecule has 1 aromatic carbocycles. The van der Waals surface area contributed by atoms with Crippen molar-refractivity contribution in [3.63, 3.8) is 0 Å². The van der Waals surface area contributed by atoms with Crippen molar-refractivity contribution in [2.75, 3.05) is 0 Å². The predicted octanol–water partition coefficient (Wildman–Crippen LogP) is 3.34. The third kappa shape index (κ3) is 4.61. The first-order chi connectivity index (χ1) is 8.69. The molecule has 0 amide bonds. The molecule has 1 aromatic rings. The van der Waals surface area contributed by atoms with Gasteiger partial charge in [0.15, 0.2) is 5.78 Å². The minimum atomic E-state index is -0.353. The van der Waals surface area contributed by atoms with Crippen LogP contribution in [-0.4, -0.2) is 11.8 Å². The monoisotopic (exact) mass is 247 g/mol. The first-order valence-corrected chi connectivity index (χ1v) is 7.02. The van der Waals surface area contributed by atoms with Crippen LogP contribution in [0.2, 0.25) is 0 Å². The third-order valence-corrected chi connectivity index (χ3v) is 3.47. The quantitative estimate of drug-likeness (QED) is 0.765. The second-order valence-corrected chi connectivity index (χ2v) is 4.95. The minimum absolute atomic E-state index is 0.142. The van der Waals surface area contributed by atoms with Crippen molar-refractivity contribution < 1.29 is 4.79 Å². The summed E-state index contributed by atoms with van der Waals surface area (Å²) in [5.74, 6) is 0.374. The SMILES string of the molecule is CCCCC(CC)C(=O)[C@@H](N)Cc1ccccc1. The second kappa shape index (κ2) is 8.04. The Bertz CT molecular complexity index is 347. The molecule has 0 aromatic heterocycles. The molecule has 0 fully saturated rings. The van der Waals surface area contributed by atoms with Crippen molar-refractivity contribution >= 4 is 5.78 Å². The summed E-state index contributed by atoms with van der Waals surface area (Å²) in [4.78, 5) is 12.3. The van der Waals surface area contributed by atoms with E-state index < -0.39 is 0 Å². The van der Waals surface area contributed by atoms with Gasteiger partial charge in [0.2, 0.25) is 0 Å². The van der Waals surface area contributed by atoms with Gasteiger partial charge in [-0.25, -0.2) is 0 Å². The number of carbonyl (C=O) groups excluding carboxylic acids is 1. The highest BCUT2D eigenvalue weighted by molar-refractivity contribution is 5.86. The van der Waals surface area contributed by atoms with Crippen LogP contribution in [0.5, 0.6) is 0 Å². The molecular weight excluding hydrogens is 222 g/mol. The maximum absolute atomic E-state index is 12.3. The number of hydrogen-bond donors (Lipinski definition) is 1. The number of carbonyl (C=O) groups is 1. The second-order valence-electron chi connectivity index (χ2n) is 4.95. The van der Waals surface area contributed by atoms with Gasteiger partial charge in [0.25, 0.3) is 0 Å². The van der Waals surface area contributed by atoms with Gasteiger partial charge >= 0.3 is 0 Å². The highest BCUT2D eigenvalue weighted by Gasteiger charge is 2.22. The standard InChI is InChI=1S/C16H25NO/c1-3-5-11-14(4-2)16(18)15(17)12-13-9-7-6-8-10-13/h6-10,14-15H,3-5,11-12,17H2,1-2H3/t14?,15-/m0/s1. The molecule has 0 aliphatic carbocycles. The summed E-state index contributed by atoms with van der Waals surface area (Å²) < 4.78 is 0. The zero-order valence-electron chi connectivity index (χ0n) is 11.6. The summed E-state index contributed by atoms with van der Waals surface area (Å²) in [5, 5.41) is 0. The fourth-order valence-electron chi connectivity index (χ4n) is 2.27. The van der Waals surface area contributed by atoms with Crippen LogP contribution in [0.3, 0.4) is 0 Å². The highest BCUT2D eigenvalue weighted by Crippen LogP contribution is 2.16. The average molecular weight is 247 g/mol. The summed E-state index contributed by atoms with van der Waals surface area (Å²) in [5.41, 5.74) is 7.19. The topological polar surface area (TPSA) is 43.1 Å². The molecule has 0 bridgehead atoms. The molecule has 100 valence electrons. The Morgan fingerprint density at radius 3 is 2.44 bits per heavy atom. The van der Waals surface area contributed by atoms with Gasteiger partial charge in [0.1, 0.15) is 0 Å². The number of hydrogen-bond acceptors (Lipinski definition) is 2. The summed E-state index contributed by atoms with van der Waals surface area (Å²) in [7, 11) is 0. The van der Waals surface area contributed by atoms with E-state index in [9.17, 15) is 4.79 Å². The Labute approximate surface area is 111 Å². The lowest BCUT2D eigenvalue weighted by Gasteiger charge is -2.18. The van der Waals surface area contributed by atoms with E-state index in [2.05, 4.69) is 13.8 Å². The predicted molar refractivity (Wildman–Crippen MR) is 76.4 cm³/mol. The van der Waals surface area contributed by atoms with Crippen molar-refractivity contribution in [2.24, 2.45) is 11.7 Å². The van der Waals surface area contributed by atoms with Crippen molar-refractivity contribution in [1.82, 2.24) is 0 Å². The van der Waals surface area contributed by atoms with Gasteiger partial charge in [0.05, 0.1) is 6.04 Å². The molecule has 2 atom stereocenters. The van der Waals surface area contributed by atoms with Gasteiger partial charge in [-0.15, -0.1) is 0 Å². The Balaban J connectivity index is 2.54. The number of nitrogens with two attached hydrogens (primary N) is 1. The van der Waals surface area contributed by atoms with Gasteiger partial charge in [-0.3, -0.25) is 4.79 Å². The van der Waals surface area contributed by atoms with Crippen LogP contribution >= 0.6 is 0 Å². The van der Waals surface area contributed by atoms with E-state index in [-0.39, 0.29) is 17.7 Å². The number of rotatable bonds is 8. The van der Waals surface area contributed by atoms with Crippen molar-refractivity contribution in [3.8, 4) is 0 Å². The van der Waals surface area contributed by atoms with E-state index in [4.69, 9.17) is 5.73 Å². The van der Waals surface area contributed by atoms with Gasteiger partial charge in [-0.1, -0.05) is 57.0 Å². The Hall–Kier alpha value is -1.15. The van der Waals surface area contributed by atoms with Crippen LogP contribution < -0.4 is 5.73 Å². The van der Waals surface area contributed by atoms with Gasteiger partial charge in [-0.2, -0.15) is 0 Å². The van der Waals surface area contributed by atoms with Crippen LogP contribution in [0.4, 0.5) is 0 Å². The summed E-state index contributed by atoms with van der Waals surface area (Å²) in [6, 6.07) is 9.66. The van der Waals surface area contributed by atoms with Crippen LogP contribution in [0.15, 0.2) is 30.3 Å². The maximum Gasteiger partial charge on any atom is 0.152 e. The first kappa shape index (κ1) is 14.9. The van der Waals surface area contributed by atoms with E-state index in [0.29, 0.717) is 6.42 Å².